The van der Waals surface area contributed by atoms with Crippen LogP contribution in [0, 0.1) is 0 Å². The van der Waals surface area contributed by atoms with Gasteiger partial charge in [0, 0.05) is 37.1 Å². The Balaban J connectivity index is 1.61. The van der Waals surface area contributed by atoms with E-state index in [0.717, 1.165) is 48.6 Å². The molecule has 0 unspecified atom stereocenters. The number of hydrogen-bond acceptors (Lipinski definition) is 8. The monoisotopic (exact) mass is 477 g/mol. The summed E-state index contributed by atoms with van der Waals surface area (Å²) >= 11 is 0. The predicted molar refractivity (Wildman–Crippen MR) is 128 cm³/mol. The van der Waals surface area contributed by atoms with Gasteiger partial charge < -0.3 is 15.2 Å². The second-order valence-corrected chi connectivity index (χ2v) is 11.4. The fourth-order valence-electron chi connectivity index (χ4n) is 4.63. The van der Waals surface area contributed by atoms with Crippen LogP contribution in [-0.4, -0.2) is 70.4 Å². The number of aliphatic hydroxyl groups excluding tert-OH is 1. The first-order chi connectivity index (χ1) is 15.7. The van der Waals surface area contributed by atoms with Gasteiger partial charge in [-0.2, -0.15) is 0 Å². The molecule has 2 aromatic heterocycles. The lowest BCUT2D eigenvalue weighted by atomic mass is 9.83. The largest absolute Gasteiger partial charge is 0.474 e. The summed E-state index contributed by atoms with van der Waals surface area (Å²) in [6, 6.07) is 0.258. The third kappa shape index (κ3) is 5.73. The maximum Gasteiger partial charge on any atom is 0.224 e. The van der Waals surface area contributed by atoms with E-state index in [0.29, 0.717) is 43.7 Å². The second kappa shape index (κ2) is 10.1. The van der Waals surface area contributed by atoms with Gasteiger partial charge in [0.1, 0.15) is 6.10 Å². The Kier molecular flexibility index (Phi) is 7.35. The molecule has 0 radical (unpaired) electrons. The number of sulfonamides is 1. The highest BCUT2D eigenvalue weighted by Crippen LogP contribution is 2.38. The van der Waals surface area contributed by atoms with Crippen molar-refractivity contribution in [3.8, 4) is 5.88 Å². The zero-order chi connectivity index (χ0) is 23.6. The van der Waals surface area contributed by atoms with Gasteiger partial charge in [-0.05, 0) is 57.8 Å². The summed E-state index contributed by atoms with van der Waals surface area (Å²) in [5.41, 5.74) is 1.92. The normalized spacial score (nSPS) is 24.0. The second-order valence-electron chi connectivity index (χ2n) is 9.41. The van der Waals surface area contributed by atoms with Crippen LogP contribution in [0.1, 0.15) is 70.3 Å². The molecule has 2 N–H and O–H groups in total. The quantitative estimate of drug-likeness (QED) is 0.625. The van der Waals surface area contributed by atoms with Gasteiger partial charge in [-0.1, -0.05) is 6.92 Å². The first kappa shape index (κ1) is 24.1. The number of nitrogens with zero attached hydrogens (tertiary/aromatic N) is 4. The Hall–Kier alpha value is -2.04. The van der Waals surface area contributed by atoms with Crippen molar-refractivity contribution in [3.05, 3.63) is 18.0 Å². The van der Waals surface area contributed by atoms with Crippen molar-refractivity contribution in [2.75, 3.05) is 24.7 Å². The number of aromatic nitrogens is 3. The van der Waals surface area contributed by atoms with Crippen molar-refractivity contribution in [1.29, 1.82) is 0 Å². The Morgan fingerprint density at radius 3 is 2.48 bits per heavy atom. The number of nitrogens with one attached hydrogen (secondary N) is 1. The average Bonchev–Trinajstić information content (AvgIpc) is 2.79. The van der Waals surface area contributed by atoms with E-state index in [1.807, 2.05) is 6.20 Å². The van der Waals surface area contributed by atoms with Crippen LogP contribution in [0.4, 0.5) is 5.95 Å². The number of pyridine rings is 1. The third-order valence-electron chi connectivity index (χ3n) is 6.89. The first-order valence-corrected chi connectivity index (χ1v) is 13.8. The molecule has 0 spiro atoms. The van der Waals surface area contributed by atoms with Crippen molar-refractivity contribution in [2.24, 2.45) is 0 Å². The van der Waals surface area contributed by atoms with Gasteiger partial charge in [0.05, 0.1) is 23.3 Å². The molecule has 1 aliphatic carbocycles. The van der Waals surface area contributed by atoms with Gasteiger partial charge in [-0.15, -0.1) is 0 Å². The molecule has 2 aromatic rings. The number of hydrogen-bond donors (Lipinski definition) is 2. The van der Waals surface area contributed by atoms with Crippen molar-refractivity contribution < 1.29 is 18.3 Å². The fourth-order valence-corrected chi connectivity index (χ4v) is 5.50. The van der Waals surface area contributed by atoms with E-state index in [1.54, 1.807) is 6.20 Å². The van der Waals surface area contributed by atoms with Gasteiger partial charge in [0.2, 0.25) is 21.9 Å². The Labute approximate surface area is 196 Å². The molecule has 2 aliphatic rings. The van der Waals surface area contributed by atoms with Gasteiger partial charge in [0.15, 0.2) is 0 Å². The zero-order valence-corrected chi connectivity index (χ0v) is 20.5. The van der Waals surface area contributed by atoms with Crippen LogP contribution in [0.3, 0.4) is 0 Å². The number of fused-ring (bicyclic) bond motifs is 1. The molecule has 9 nitrogen and oxygen atoms in total. The summed E-state index contributed by atoms with van der Waals surface area (Å²) in [7, 11) is -3.18. The zero-order valence-electron chi connectivity index (χ0n) is 19.7. The van der Waals surface area contributed by atoms with Crippen LogP contribution < -0.4 is 10.1 Å². The molecule has 182 valence electrons. The van der Waals surface area contributed by atoms with Crippen molar-refractivity contribution in [2.45, 2.75) is 83.0 Å². The number of aliphatic hydroxyl groups is 1. The van der Waals surface area contributed by atoms with E-state index in [2.05, 4.69) is 29.1 Å². The Morgan fingerprint density at radius 2 is 1.85 bits per heavy atom. The standard InChI is InChI=1S/C23H35N5O4S/c1-4-15(2)26-23-25-14-20-21(27-23)19(16-5-7-17(29)8-6-16)13-24-22(20)32-18-9-11-28(12-10-18)33(3,30)31/h13-18,29H,4-12H2,1-3H3,(H,25,26,27)/t15-,16-,17-/m0/s1. The summed E-state index contributed by atoms with van der Waals surface area (Å²) in [5.74, 6) is 1.38. The maximum atomic E-state index is 11.8. The van der Waals surface area contributed by atoms with Crippen LogP contribution in [0.25, 0.3) is 10.9 Å². The molecule has 10 heteroatoms. The average molecular weight is 478 g/mol. The van der Waals surface area contributed by atoms with Crippen molar-refractivity contribution in [3.63, 3.8) is 0 Å². The van der Waals surface area contributed by atoms with Crippen LogP contribution >= 0.6 is 0 Å². The molecule has 33 heavy (non-hydrogen) atoms. The van der Waals surface area contributed by atoms with Gasteiger partial charge >= 0.3 is 0 Å². The van der Waals surface area contributed by atoms with E-state index in [1.165, 1.54) is 10.6 Å². The lowest BCUT2D eigenvalue weighted by Crippen LogP contribution is -2.41. The van der Waals surface area contributed by atoms with Crippen LogP contribution in [0.15, 0.2) is 12.4 Å². The molecule has 1 atom stereocenters. The Morgan fingerprint density at radius 1 is 1.15 bits per heavy atom. The van der Waals surface area contributed by atoms with E-state index < -0.39 is 10.0 Å². The van der Waals surface area contributed by atoms with Gasteiger partial charge in [-0.25, -0.2) is 27.7 Å². The molecule has 2 fully saturated rings. The SMILES string of the molecule is CC[C@H](C)Nc1ncc2c(OC3CCN(S(C)(=O)=O)CC3)ncc([C@H]3CC[C@H](O)CC3)c2n1. The van der Waals surface area contributed by atoms with E-state index in [9.17, 15) is 13.5 Å². The van der Waals surface area contributed by atoms with Gasteiger partial charge in [0.25, 0.3) is 0 Å². The minimum absolute atomic E-state index is 0.104. The third-order valence-corrected chi connectivity index (χ3v) is 8.19. The number of ether oxygens (including phenoxy) is 1. The van der Waals surface area contributed by atoms with Crippen LogP contribution in [0.2, 0.25) is 0 Å². The Bertz CT molecular complexity index is 1060. The van der Waals surface area contributed by atoms with Gasteiger partial charge in [-0.3, -0.25) is 0 Å². The summed E-state index contributed by atoms with van der Waals surface area (Å²) in [6.07, 6.45) is 10.1. The molecule has 4 rings (SSSR count). The summed E-state index contributed by atoms with van der Waals surface area (Å²) in [5, 5.41) is 14.1. The number of anilines is 1. The minimum atomic E-state index is -3.18. The van der Waals surface area contributed by atoms with Crippen LogP contribution in [-0.2, 0) is 10.0 Å². The highest BCUT2D eigenvalue weighted by Gasteiger charge is 2.28. The molecule has 0 aromatic carbocycles. The summed E-state index contributed by atoms with van der Waals surface area (Å²) in [4.78, 5) is 14.0. The molecule has 1 saturated carbocycles. The minimum Gasteiger partial charge on any atom is -0.474 e. The summed E-state index contributed by atoms with van der Waals surface area (Å²) < 4.78 is 31.4. The van der Waals surface area contributed by atoms with Crippen LogP contribution in [0.5, 0.6) is 5.88 Å². The molecule has 0 bridgehead atoms. The maximum absolute atomic E-state index is 11.8. The van der Waals surface area contributed by atoms with E-state index in [-0.39, 0.29) is 18.2 Å². The lowest BCUT2D eigenvalue weighted by molar-refractivity contribution is 0.122. The molecule has 0 amide bonds. The van der Waals surface area contributed by atoms with E-state index >= 15 is 0 Å². The molecular formula is C23H35N5O4S. The van der Waals surface area contributed by atoms with Crippen molar-refractivity contribution >= 4 is 26.9 Å². The first-order valence-electron chi connectivity index (χ1n) is 12.0. The highest BCUT2D eigenvalue weighted by atomic mass is 32.2. The molecular weight excluding hydrogens is 442 g/mol. The highest BCUT2D eigenvalue weighted by molar-refractivity contribution is 7.88. The topological polar surface area (TPSA) is 118 Å². The molecule has 1 aliphatic heterocycles. The fraction of sp³-hybridized carbons (Fsp3) is 0.696. The van der Waals surface area contributed by atoms with Crippen molar-refractivity contribution in [1.82, 2.24) is 19.3 Å². The number of rotatable bonds is 7. The lowest BCUT2D eigenvalue weighted by Gasteiger charge is -2.30. The molecule has 1 saturated heterocycles. The smallest absolute Gasteiger partial charge is 0.224 e. The molecule has 3 heterocycles. The summed E-state index contributed by atoms with van der Waals surface area (Å²) in [6.45, 7) is 5.11. The van der Waals surface area contributed by atoms with E-state index in [4.69, 9.17) is 9.72 Å². The number of piperidine rings is 1. The predicted octanol–water partition coefficient (Wildman–Crippen LogP) is 3.06.